The lowest BCUT2D eigenvalue weighted by Crippen LogP contribution is -2.68. The Morgan fingerprint density at radius 2 is 1.60 bits per heavy atom. The van der Waals surface area contributed by atoms with Crippen molar-refractivity contribution in [2.24, 2.45) is 11.8 Å². The molecule has 3 unspecified atom stereocenters. The number of hydrogen-bond donors (Lipinski definition) is 1. The van der Waals surface area contributed by atoms with E-state index in [-0.39, 0.29) is 35.3 Å². The molecular formula is C27H41N3O4S. The summed E-state index contributed by atoms with van der Waals surface area (Å²) in [6.45, 7) is 6.74. The number of benzene rings is 1. The Hall–Kier alpha value is -2.09. The first-order valence-corrected chi connectivity index (χ1v) is 15.1. The fourth-order valence-corrected chi connectivity index (χ4v) is 7.96. The number of amides is 3. The molecule has 2 aliphatic carbocycles. The number of sulfone groups is 1. The lowest BCUT2D eigenvalue weighted by Gasteiger charge is -2.54. The number of urea groups is 1. The van der Waals surface area contributed by atoms with Crippen molar-refractivity contribution in [1.82, 2.24) is 15.1 Å². The van der Waals surface area contributed by atoms with Crippen molar-refractivity contribution in [1.29, 1.82) is 0 Å². The molecule has 3 fully saturated rings. The van der Waals surface area contributed by atoms with E-state index in [2.05, 4.69) is 17.4 Å². The van der Waals surface area contributed by atoms with E-state index in [0.717, 1.165) is 50.5 Å². The van der Waals surface area contributed by atoms with Gasteiger partial charge in [-0.05, 0) is 76.2 Å². The molecule has 1 aliphatic heterocycles. The second kappa shape index (κ2) is 10.5. The molecule has 4 atom stereocenters. The van der Waals surface area contributed by atoms with Crippen LogP contribution in [0.25, 0.3) is 0 Å². The van der Waals surface area contributed by atoms with Crippen molar-refractivity contribution >= 4 is 21.8 Å². The Kier molecular flexibility index (Phi) is 7.79. The lowest BCUT2D eigenvalue weighted by atomic mass is 9.69. The van der Waals surface area contributed by atoms with Crippen LogP contribution in [0.2, 0.25) is 0 Å². The summed E-state index contributed by atoms with van der Waals surface area (Å²) in [6.07, 6.45) is 7.52. The fourth-order valence-electron chi connectivity index (χ4n) is 6.84. The molecule has 0 radical (unpaired) electrons. The minimum absolute atomic E-state index is 0.000464. The lowest BCUT2D eigenvalue weighted by molar-refractivity contribution is -0.141. The summed E-state index contributed by atoms with van der Waals surface area (Å²) in [6, 6.07) is 8.16. The summed E-state index contributed by atoms with van der Waals surface area (Å²) < 4.78 is 24.0. The predicted octanol–water partition coefficient (Wildman–Crippen LogP) is 3.90. The number of piperazine rings is 1. The first-order chi connectivity index (χ1) is 16.5. The van der Waals surface area contributed by atoms with Crippen LogP contribution in [0.3, 0.4) is 0 Å². The minimum atomic E-state index is -2.98. The van der Waals surface area contributed by atoms with Crippen molar-refractivity contribution < 1.29 is 18.0 Å². The van der Waals surface area contributed by atoms with Gasteiger partial charge in [-0.2, -0.15) is 0 Å². The fraction of sp³-hybridized carbons (Fsp3) is 0.704. The first kappa shape index (κ1) is 26.0. The van der Waals surface area contributed by atoms with Crippen LogP contribution in [0.5, 0.6) is 0 Å². The average molecular weight is 504 g/mol. The van der Waals surface area contributed by atoms with E-state index in [1.807, 2.05) is 35.8 Å². The highest BCUT2D eigenvalue weighted by Crippen LogP contribution is 2.43. The maximum absolute atomic E-state index is 13.4. The van der Waals surface area contributed by atoms with Gasteiger partial charge in [-0.15, -0.1) is 0 Å². The van der Waals surface area contributed by atoms with Gasteiger partial charge in [-0.1, -0.05) is 29.8 Å². The van der Waals surface area contributed by atoms with E-state index < -0.39 is 9.84 Å². The Morgan fingerprint density at radius 1 is 0.971 bits per heavy atom. The van der Waals surface area contributed by atoms with Crippen LogP contribution >= 0.6 is 0 Å². The summed E-state index contributed by atoms with van der Waals surface area (Å²) >= 11 is 0. The smallest absolute Gasteiger partial charge is 0.318 e. The maximum Gasteiger partial charge on any atom is 0.318 e. The Labute approximate surface area is 210 Å². The van der Waals surface area contributed by atoms with E-state index in [4.69, 9.17) is 0 Å². The largest absolute Gasteiger partial charge is 0.334 e. The van der Waals surface area contributed by atoms with Gasteiger partial charge in [-0.25, -0.2) is 13.2 Å². The van der Waals surface area contributed by atoms with E-state index in [0.29, 0.717) is 24.9 Å². The third-order valence-corrected chi connectivity index (χ3v) is 10.4. The molecule has 3 aliphatic rings. The van der Waals surface area contributed by atoms with Crippen LogP contribution in [-0.2, 0) is 21.2 Å². The normalized spacial score (nSPS) is 31.5. The standard InChI is InChI=1S/C27H41N3O4S/c1-18-5-7-21(8-6-18)16-28-27(32)29-17-19(2)30(20(3)31)25-14-11-23(15-26(25)29)22-9-12-24(13-10-22)35(4,33)34/h5-8,19,22-26H,9-17H2,1-4H3,(H,28,32)/t19-,22?,23?,24?,25?,26?/m0/s1. The number of rotatable bonds is 4. The predicted molar refractivity (Wildman–Crippen MR) is 138 cm³/mol. The van der Waals surface area contributed by atoms with Gasteiger partial charge in [0.25, 0.3) is 0 Å². The molecule has 0 bridgehead atoms. The van der Waals surface area contributed by atoms with Crippen LogP contribution in [0.4, 0.5) is 4.79 Å². The molecule has 1 aromatic rings. The number of fused-ring (bicyclic) bond motifs is 1. The quantitative estimate of drug-likeness (QED) is 0.675. The van der Waals surface area contributed by atoms with Gasteiger partial charge in [0.05, 0.1) is 17.3 Å². The number of nitrogens with zero attached hydrogens (tertiary/aromatic N) is 2. The van der Waals surface area contributed by atoms with Crippen molar-refractivity contribution in [3.63, 3.8) is 0 Å². The first-order valence-electron chi connectivity index (χ1n) is 13.1. The Balaban J connectivity index is 1.46. The molecule has 35 heavy (non-hydrogen) atoms. The maximum atomic E-state index is 13.4. The molecule has 0 aromatic heterocycles. The van der Waals surface area contributed by atoms with Crippen LogP contribution in [-0.4, -0.2) is 66.3 Å². The topological polar surface area (TPSA) is 86.8 Å². The molecule has 4 rings (SSSR count). The second-order valence-electron chi connectivity index (χ2n) is 11.1. The van der Waals surface area contributed by atoms with Gasteiger partial charge >= 0.3 is 6.03 Å². The summed E-state index contributed by atoms with van der Waals surface area (Å²) in [4.78, 5) is 29.9. The number of carbonyl (C=O) groups is 2. The molecule has 3 amide bonds. The molecule has 8 heteroatoms. The van der Waals surface area contributed by atoms with Crippen LogP contribution in [0.15, 0.2) is 24.3 Å². The van der Waals surface area contributed by atoms with Crippen LogP contribution in [0, 0.1) is 18.8 Å². The highest BCUT2D eigenvalue weighted by molar-refractivity contribution is 7.91. The van der Waals surface area contributed by atoms with Gasteiger partial charge in [0.1, 0.15) is 9.84 Å². The molecule has 194 valence electrons. The molecular weight excluding hydrogens is 462 g/mol. The monoisotopic (exact) mass is 503 g/mol. The average Bonchev–Trinajstić information content (AvgIpc) is 2.82. The summed E-state index contributed by atoms with van der Waals surface area (Å²) in [5, 5.41) is 2.91. The zero-order valence-electron chi connectivity index (χ0n) is 21.6. The zero-order valence-corrected chi connectivity index (χ0v) is 22.4. The zero-order chi connectivity index (χ0) is 25.3. The summed E-state index contributed by atoms with van der Waals surface area (Å²) in [5.41, 5.74) is 2.26. The van der Waals surface area contributed by atoms with Gasteiger partial charge in [0.2, 0.25) is 5.91 Å². The van der Waals surface area contributed by atoms with Crippen LogP contribution in [0.1, 0.15) is 69.9 Å². The molecule has 7 nitrogen and oxygen atoms in total. The number of nitrogens with one attached hydrogen (secondary N) is 1. The second-order valence-corrected chi connectivity index (χ2v) is 13.5. The van der Waals surface area contributed by atoms with Gasteiger partial charge in [0, 0.05) is 32.3 Å². The molecule has 2 saturated carbocycles. The third-order valence-electron chi connectivity index (χ3n) is 8.69. The summed E-state index contributed by atoms with van der Waals surface area (Å²) in [7, 11) is -2.98. The third kappa shape index (κ3) is 5.84. The highest BCUT2D eigenvalue weighted by Gasteiger charge is 2.47. The van der Waals surface area contributed by atoms with Crippen molar-refractivity contribution in [2.75, 3.05) is 12.8 Å². The van der Waals surface area contributed by atoms with Gasteiger partial charge < -0.3 is 15.1 Å². The van der Waals surface area contributed by atoms with Gasteiger partial charge in [-0.3, -0.25) is 4.79 Å². The van der Waals surface area contributed by atoms with Crippen molar-refractivity contribution in [3.05, 3.63) is 35.4 Å². The van der Waals surface area contributed by atoms with E-state index in [9.17, 15) is 18.0 Å². The summed E-state index contributed by atoms with van der Waals surface area (Å²) in [5.74, 6) is 1.04. The van der Waals surface area contributed by atoms with Gasteiger partial charge in [0.15, 0.2) is 0 Å². The van der Waals surface area contributed by atoms with Crippen LogP contribution < -0.4 is 5.32 Å². The minimum Gasteiger partial charge on any atom is -0.334 e. The van der Waals surface area contributed by atoms with Crippen molar-refractivity contribution in [2.45, 2.75) is 95.6 Å². The van der Waals surface area contributed by atoms with E-state index >= 15 is 0 Å². The van der Waals surface area contributed by atoms with E-state index in [1.165, 1.54) is 11.8 Å². The molecule has 1 N–H and O–H groups in total. The molecule has 1 aromatic carbocycles. The Morgan fingerprint density at radius 3 is 2.20 bits per heavy atom. The Bertz CT molecular complexity index is 1020. The highest BCUT2D eigenvalue weighted by atomic mass is 32.2. The molecule has 1 heterocycles. The molecule has 1 saturated heterocycles. The number of aryl methyl sites for hydroxylation is 1. The van der Waals surface area contributed by atoms with E-state index in [1.54, 1.807) is 6.92 Å². The van der Waals surface area contributed by atoms with Crippen molar-refractivity contribution in [3.8, 4) is 0 Å². The SMILES string of the molecule is CC(=O)N1C2CCC(C3CCC(S(C)(=O)=O)CC3)CC2N(C(=O)NCc2ccc(C)cc2)C[C@@H]1C. The number of carbonyl (C=O) groups excluding carboxylic acids is 2. The molecule has 0 spiro atoms. The number of hydrogen-bond acceptors (Lipinski definition) is 4.